The smallest absolute Gasteiger partial charge is 0.309 e. The van der Waals surface area contributed by atoms with Crippen molar-refractivity contribution in [2.75, 3.05) is 7.11 Å². The second kappa shape index (κ2) is 5.49. The first-order chi connectivity index (χ1) is 7.86. The number of carbonyl (C=O) groups excluding carboxylic acids is 1. The number of amides is 1. The van der Waals surface area contributed by atoms with Gasteiger partial charge >= 0.3 is 5.97 Å². The van der Waals surface area contributed by atoms with E-state index in [4.69, 9.17) is 9.84 Å². The number of carboxylic acid groups (broad SMARTS) is 1. The molecule has 2 N–H and O–H groups in total. The lowest BCUT2D eigenvalue weighted by atomic mass is 9.89. The molecule has 2 unspecified atom stereocenters. The van der Waals surface area contributed by atoms with E-state index in [0.717, 1.165) is 19.3 Å². The summed E-state index contributed by atoms with van der Waals surface area (Å²) < 4.78 is 5.27. The summed E-state index contributed by atoms with van der Waals surface area (Å²) >= 11 is 0. The maximum Gasteiger partial charge on any atom is 0.309 e. The third-order valence-electron chi connectivity index (χ3n) is 3.28. The van der Waals surface area contributed by atoms with Gasteiger partial charge in [0.1, 0.15) is 0 Å². The summed E-state index contributed by atoms with van der Waals surface area (Å²) in [7, 11) is 1.64. The molecule has 0 aromatic carbocycles. The first kappa shape index (κ1) is 14.0. The lowest BCUT2D eigenvalue weighted by Gasteiger charge is -2.23. The molecule has 17 heavy (non-hydrogen) atoms. The molecule has 0 bridgehead atoms. The number of hydrogen-bond acceptors (Lipinski definition) is 3. The number of methoxy groups -OCH3 is 1. The first-order valence-corrected chi connectivity index (χ1v) is 5.92. The van der Waals surface area contributed by atoms with Crippen LogP contribution in [0.15, 0.2) is 0 Å². The fourth-order valence-corrected chi connectivity index (χ4v) is 2.11. The molecule has 1 rings (SSSR count). The highest BCUT2D eigenvalue weighted by atomic mass is 16.5. The van der Waals surface area contributed by atoms with Gasteiger partial charge in [0.05, 0.1) is 17.6 Å². The van der Waals surface area contributed by atoms with Crippen LogP contribution in [-0.2, 0) is 14.3 Å². The quantitative estimate of drug-likeness (QED) is 0.760. The van der Waals surface area contributed by atoms with Crippen molar-refractivity contribution < 1.29 is 19.4 Å². The van der Waals surface area contributed by atoms with Gasteiger partial charge in [0, 0.05) is 13.5 Å². The van der Waals surface area contributed by atoms with Gasteiger partial charge in [-0.15, -0.1) is 0 Å². The molecule has 2 atom stereocenters. The van der Waals surface area contributed by atoms with Gasteiger partial charge in [-0.2, -0.15) is 0 Å². The largest absolute Gasteiger partial charge is 0.481 e. The number of ether oxygens (including phenoxy) is 1. The van der Waals surface area contributed by atoms with Crippen LogP contribution in [0.25, 0.3) is 0 Å². The van der Waals surface area contributed by atoms with Gasteiger partial charge in [0.15, 0.2) is 0 Å². The number of nitrogens with one attached hydrogen (secondary N) is 1. The monoisotopic (exact) mass is 243 g/mol. The summed E-state index contributed by atoms with van der Waals surface area (Å²) in [6, 6.07) is 0.0251. The Labute approximate surface area is 102 Å². The number of carbonyl (C=O) groups is 2. The highest BCUT2D eigenvalue weighted by Gasteiger charge is 2.33. The molecule has 0 heterocycles. The Bertz CT molecular complexity index is 301. The Kier molecular flexibility index (Phi) is 4.51. The normalized spacial score (nSPS) is 24.6. The zero-order valence-electron chi connectivity index (χ0n) is 10.7. The van der Waals surface area contributed by atoms with Crippen molar-refractivity contribution in [3.8, 4) is 0 Å². The van der Waals surface area contributed by atoms with Crippen molar-refractivity contribution in [2.45, 2.75) is 51.7 Å². The summed E-state index contributed by atoms with van der Waals surface area (Å²) in [6.45, 7) is 3.11. The average molecular weight is 243 g/mol. The van der Waals surface area contributed by atoms with Gasteiger partial charge in [-0.3, -0.25) is 9.59 Å². The maximum atomic E-state index is 11.8. The van der Waals surface area contributed by atoms with E-state index in [2.05, 4.69) is 5.32 Å². The molecular weight excluding hydrogens is 222 g/mol. The Hall–Kier alpha value is -1.10. The second-order valence-corrected chi connectivity index (χ2v) is 5.24. The third-order valence-corrected chi connectivity index (χ3v) is 3.28. The van der Waals surface area contributed by atoms with Crippen LogP contribution in [0.4, 0.5) is 0 Å². The summed E-state index contributed by atoms with van der Waals surface area (Å²) in [4.78, 5) is 22.7. The molecule has 0 spiro atoms. The second-order valence-electron chi connectivity index (χ2n) is 5.24. The molecule has 5 nitrogen and oxygen atoms in total. The Balaban J connectivity index is 2.47. The molecule has 0 radical (unpaired) electrons. The fraction of sp³-hybridized carbons (Fsp3) is 0.833. The molecule has 1 fully saturated rings. The highest BCUT2D eigenvalue weighted by molar-refractivity contribution is 5.84. The summed E-state index contributed by atoms with van der Waals surface area (Å²) in [5.41, 5.74) is -1.02. The molecular formula is C12H21NO4. The molecule has 1 amide bonds. The van der Waals surface area contributed by atoms with Crippen LogP contribution in [-0.4, -0.2) is 36.2 Å². The van der Waals surface area contributed by atoms with Crippen molar-refractivity contribution >= 4 is 11.9 Å². The SMILES string of the molecule is COC1CCCC1NC(=O)CC(C)(C)C(=O)O. The topological polar surface area (TPSA) is 75.6 Å². The highest BCUT2D eigenvalue weighted by Crippen LogP contribution is 2.24. The molecule has 5 heteroatoms. The van der Waals surface area contributed by atoms with E-state index in [1.807, 2.05) is 0 Å². The molecule has 98 valence electrons. The number of hydrogen-bond donors (Lipinski definition) is 2. The molecule has 0 aromatic heterocycles. The van der Waals surface area contributed by atoms with Crippen LogP contribution in [0.3, 0.4) is 0 Å². The minimum atomic E-state index is -1.02. The molecule has 1 aliphatic carbocycles. The van der Waals surface area contributed by atoms with Crippen LogP contribution in [0.2, 0.25) is 0 Å². The van der Waals surface area contributed by atoms with Gasteiger partial charge in [0.25, 0.3) is 0 Å². The summed E-state index contributed by atoms with van der Waals surface area (Å²) in [6.07, 6.45) is 2.94. The van der Waals surface area contributed by atoms with E-state index >= 15 is 0 Å². The fourth-order valence-electron chi connectivity index (χ4n) is 2.11. The number of carboxylic acids is 1. The van der Waals surface area contributed by atoms with Gasteiger partial charge < -0.3 is 15.2 Å². The zero-order chi connectivity index (χ0) is 13.1. The Morgan fingerprint density at radius 1 is 1.41 bits per heavy atom. The van der Waals surface area contributed by atoms with Crippen molar-refractivity contribution in [2.24, 2.45) is 5.41 Å². The van der Waals surface area contributed by atoms with E-state index in [1.165, 1.54) is 0 Å². The minimum Gasteiger partial charge on any atom is -0.481 e. The predicted octanol–water partition coefficient (Wildman–Crippen LogP) is 1.17. The van der Waals surface area contributed by atoms with Crippen LogP contribution >= 0.6 is 0 Å². The molecule has 1 aliphatic rings. The lowest BCUT2D eigenvalue weighted by Crippen LogP contribution is -2.43. The molecule has 0 saturated heterocycles. The van der Waals surface area contributed by atoms with Gasteiger partial charge in [0.2, 0.25) is 5.91 Å². The van der Waals surface area contributed by atoms with Crippen LogP contribution in [0.5, 0.6) is 0 Å². The maximum absolute atomic E-state index is 11.8. The molecule has 0 aliphatic heterocycles. The van der Waals surface area contributed by atoms with Crippen LogP contribution < -0.4 is 5.32 Å². The van der Waals surface area contributed by atoms with Gasteiger partial charge in [-0.25, -0.2) is 0 Å². The predicted molar refractivity (Wildman–Crippen MR) is 62.6 cm³/mol. The van der Waals surface area contributed by atoms with Gasteiger partial charge in [-0.05, 0) is 33.1 Å². The summed E-state index contributed by atoms with van der Waals surface area (Å²) in [5.74, 6) is -1.17. The molecule has 0 aromatic rings. The van der Waals surface area contributed by atoms with E-state index < -0.39 is 11.4 Å². The number of aliphatic carboxylic acids is 1. The van der Waals surface area contributed by atoms with E-state index in [-0.39, 0.29) is 24.5 Å². The van der Waals surface area contributed by atoms with Crippen molar-refractivity contribution in [1.29, 1.82) is 0 Å². The van der Waals surface area contributed by atoms with Crippen molar-refractivity contribution in [3.05, 3.63) is 0 Å². The lowest BCUT2D eigenvalue weighted by molar-refractivity contribution is -0.149. The molecule has 1 saturated carbocycles. The summed E-state index contributed by atoms with van der Waals surface area (Å²) in [5, 5.41) is 11.8. The van der Waals surface area contributed by atoms with E-state index in [0.29, 0.717) is 0 Å². The Morgan fingerprint density at radius 2 is 2.06 bits per heavy atom. The van der Waals surface area contributed by atoms with E-state index in [9.17, 15) is 9.59 Å². The third kappa shape index (κ3) is 3.70. The zero-order valence-corrected chi connectivity index (χ0v) is 10.7. The van der Waals surface area contributed by atoms with E-state index in [1.54, 1.807) is 21.0 Å². The first-order valence-electron chi connectivity index (χ1n) is 5.92. The van der Waals surface area contributed by atoms with Crippen molar-refractivity contribution in [3.63, 3.8) is 0 Å². The standard InChI is InChI=1S/C12H21NO4/c1-12(2,11(15)16)7-10(14)13-8-5-4-6-9(8)17-3/h8-9H,4-7H2,1-3H3,(H,13,14)(H,15,16). The van der Waals surface area contributed by atoms with Gasteiger partial charge in [-0.1, -0.05) is 0 Å². The van der Waals surface area contributed by atoms with Crippen molar-refractivity contribution in [1.82, 2.24) is 5.32 Å². The van der Waals surface area contributed by atoms with Crippen LogP contribution in [0, 0.1) is 5.41 Å². The Morgan fingerprint density at radius 3 is 2.59 bits per heavy atom. The average Bonchev–Trinajstić information content (AvgIpc) is 2.63. The number of rotatable bonds is 5. The minimum absolute atomic E-state index is 0.00469. The van der Waals surface area contributed by atoms with Crippen LogP contribution in [0.1, 0.15) is 39.5 Å².